The Balaban J connectivity index is 1.97. The van der Waals surface area contributed by atoms with Gasteiger partial charge in [0.15, 0.2) is 11.6 Å². The summed E-state index contributed by atoms with van der Waals surface area (Å²) >= 11 is 0. The van der Waals surface area contributed by atoms with Gasteiger partial charge in [-0.2, -0.15) is 0 Å². The van der Waals surface area contributed by atoms with Crippen molar-refractivity contribution in [2.24, 2.45) is 0 Å². The largest absolute Gasteiger partial charge is 0.383 e. The van der Waals surface area contributed by atoms with E-state index in [-0.39, 0.29) is 30.3 Å². The number of nitrogens with one attached hydrogen (secondary N) is 1. The highest BCUT2D eigenvalue weighted by atomic mass is 19.2. The fraction of sp³-hybridized carbons (Fsp3) is 0.450. The highest BCUT2D eigenvalue weighted by Gasteiger charge is 2.24. The standard InChI is InChI=1S/C20H25F2N5O4/c1-31-10-9-26-18(23)17(25-7-3-2-4-8-25)19(29)27(20(26)30)12-16(28)24-13-5-6-14(21)15(22)11-13/h5-6,11H,2-4,7-10,12,23H2,1H3,(H,24,28). The number of ether oxygens (including phenoxy) is 1. The normalized spacial score (nSPS) is 14.0. The van der Waals surface area contributed by atoms with Crippen LogP contribution in [0.4, 0.5) is 26.0 Å². The lowest BCUT2D eigenvalue weighted by Gasteiger charge is -2.30. The van der Waals surface area contributed by atoms with Crippen LogP contribution in [0.2, 0.25) is 0 Å². The minimum absolute atomic E-state index is 0.00311. The molecule has 168 valence electrons. The average molecular weight is 437 g/mol. The maximum Gasteiger partial charge on any atom is 0.333 e. The van der Waals surface area contributed by atoms with E-state index >= 15 is 0 Å². The molecule has 1 aromatic heterocycles. The molecule has 1 amide bonds. The maximum atomic E-state index is 13.4. The lowest BCUT2D eigenvalue weighted by molar-refractivity contribution is -0.116. The number of nitrogen functional groups attached to an aromatic ring is 1. The fourth-order valence-corrected chi connectivity index (χ4v) is 3.57. The Morgan fingerprint density at radius 3 is 2.48 bits per heavy atom. The van der Waals surface area contributed by atoms with Crippen molar-refractivity contribution in [3.05, 3.63) is 50.7 Å². The van der Waals surface area contributed by atoms with Crippen LogP contribution in [0.15, 0.2) is 27.8 Å². The number of nitrogens with zero attached hydrogens (tertiary/aromatic N) is 3. The number of halogens is 2. The lowest BCUT2D eigenvalue weighted by atomic mass is 10.1. The number of amides is 1. The molecule has 2 aromatic rings. The van der Waals surface area contributed by atoms with Gasteiger partial charge in [0.2, 0.25) is 5.91 Å². The summed E-state index contributed by atoms with van der Waals surface area (Å²) in [5.41, 5.74) is 4.95. The van der Waals surface area contributed by atoms with Crippen LogP contribution in [0, 0.1) is 11.6 Å². The highest BCUT2D eigenvalue weighted by Crippen LogP contribution is 2.21. The van der Waals surface area contributed by atoms with Gasteiger partial charge in [0.05, 0.1) is 13.2 Å². The summed E-state index contributed by atoms with van der Waals surface area (Å²) in [6, 6.07) is 2.86. The Labute approximate surface area is 177 Å². The molecule has 3 N–H and O–H groups in total. The molecule has 9 nitrogen and oxygen atoms in total. The number of hydrogen-bond acceptors (Lipinski definition) is 6. The number of rotatable bonds is 7. The number of aromatic nitrogens is 2. The number of anilines is 3. The first-order valence-electron chi connectivity index (χ1n) is 9.95. The third kappa shape index (κ3) is 4.93. The predicted octanol–water partition coefficient (Wildman–Crippen LogP) is 1.15. The summed E-state index contributed by atoms with van der Waals surface area (Å²) in [6.07, 6.45) is 2.80. The molecule has 0 atom stereocenters. The SMILES string of the molecule is COCCn1c(N)c(N2CCCCC2)c(=O)n(CC(=O)Nc2ccc(F)c(F)c2)c1=O. The lowest BCUT2D eigenvalue weighted by Crippen LogP contribution is -2.47. The van der Waals surface area contributed by atoms with Crippen molar-refractivity contribution >= 4 is 23.1 Å². The van der Waals surface area contributed by atoms with Crippen LogP contribution in [-0.4, -0.2) is 41.8 Å². The molecule has 3 rings (SSSR count). The number of carbonyl (C=O) groups is 1. The summed E-state index contributed by atoms with van der Waals surface area (Å²) in [5.74, 6) is -2.89. The quantitative estimate of drug-likeness (QED) is 0.672. The molecular weight excluding hydrogens is 412 g/mol. The zero-order valence-corrected chi connectivity index (χ0v) is 17.2. The number of nitrogens with two attached hydrogens (primary N) is 1. The number of hydrogen-bond donors (Lipinski definition) is 2. The predicted molar refractivity (Wildman–Crippen MR) is 112 cm³/mol. The van der Waals surface area contributed by atoms with Gasteiger partial charge in [-0.15, -0.1) is 0 Å². The summed E-state index contributed by atoms with van der Waals surface area (Å²) in [5, 5.41) is 2.37. The zero-order chi connectivity index (χ0) is 22.5. The van der Waals surface area contributed by atoms with Gasteiger partial charge in [0.1, 0.15) is 18.1 Å². The van der Waals surface area contributed by atoms with E-state index in [4.69, 9.17) is 10.5 Å². The van der Waals surface area contributed by atoms with Crippen molar-refractivity contribution in [1.29, 1.82) is 0 Å². The molecule has 1 aliphatic heterocycles. The number of piperidine rings is 1. The van der Waals surface area contributed by atoms with E-state index in [1.165, 1.54) is 17.7 Å². The number of carbonyl (C=O) groups excluding carboxylic acids is 1. The van der Waals surface area contributed by atoms with Crippen LogP contribution in [0.3, 0.4) is 0 Å². The summed E-state index contributed by atoms with van der Waals surface area (Å²) in [4.78, 5) is 40.4. The van der Waals surface area contributed by atoms with Crippen molar-refractivity contribution in [3.8, 4) is 0 Å². The zero-order valence-electron chi connectivity index (χ0n) is 17.2. The minimum atomic E-state index is -1.13. The van der Waals surface area contributed by atoms with Gasteiger partial charge in [-0.3, -0.25) is 14.2 Å². The molecule has 0 unspecified atom stereocenters. The Morgan fingerprint density at radius 2 is 1.84 bits per heavy atom. The van der Waals surface area contributed by atoms with Crippen LogP contribution in [0.1, 0.15) is 19.3 Å². The molecule has 31 heavy (non-hydrogen) atoms. The fourth-order valence-electron chi connectivity index (χ4n) is 3.57. The molecule has 0 saturated carbocycles. The van der Waals surface area contributed by atoms with Crippen molar-refractivity contribution < 1.29 is 18.3 Å². The first-order valence-corrected chi connectivity index (χ1v) is 9.95. The number of benzene rings is 1. The monoisotopic (exact) mass is 437 g/mol. The molecule has 1 aliphatic rings. The topological polar surface area (TPSA) is 112 Å². The Hall–Kier alpha value is -3.21. The number of methoxy groups -OCH3 is 1. The molecule has 2 heterocycles. The molecule has 1 saturated heterocycles. The molecule has 1 fully saturated rings. The Bertz CT molecular complexity index is 1080. The first kappa shape index (κ1) is 22.5. The van der Waals surface area contributed by atoms with E-state index in [0.29, 0.717) is 13.1 Å². The average Bonchev–Trinajstić information content (AvgIpc) is 2.75. The molecular formula is C20H25F2N5O4. The summed E-state index contributed by atoms with van der Waals surface area (Å²) < 4.78 is 33.5. The van der Waals surface area contributed by atoms with E-state index in [2.05, 4.69) is 5.32 Å². The molecule has 1 aromatic carbocycles. The molecule has 0 radical (unpaired) electrons. The van der Waals surface area contributed by atoms with Gasteiger partial charge >= 0.3 is 5.69 Å². The smallest absolute Gasteiger partial charge is 0.333 e. The van der Waals surface area contributed by atoms with Crippen molar-refractivity contribution in [2.75, 3.05) is 42.8 Å². The molecule has 0 spiro atoms. The van der Waals surface area contributed by atoms with Crippen LogP contribution < -0.4 is 27.2 Å². The second kappa shape index (κ2) is 9.73. The van der Waals surface area contributed by atoms with Gasteiger partial charge in [-0.05, 0) is 31.4 Å². The summed E-state index contributed by atoms with van der Waals surface area (Å²) in [7, 11) is 1.47. The third-order valence-corrected chi connectivity index (χ3v) is 5.14. The second-order valence-electron chi connectivity index (χ2n) is 7.28. The van der Waals surface area contributed by atoms with E-state index in [1.54, 1.807) is 0 Å². The minimum Gasteiger partial charge on any atom is -0.383 e. The van der Waals surface area contributed by atoms with Gasteiger partial charge in [0.25, 0.3) is 5.56 Å². The maximum absolute atomic E-state index is 13.4. The van der Waals surface area contributed by atoms with Crippen LogP contribution in [-0.2, 0) is 22.6 Å². The van der Waals surface area contributed by atoms with E-state index < -0.39 is 35.3 Å². The van der Waals surface area contributed by atoms with E-state index in [9.17, 15) is 23.2 Å². The van der Waals surface area contributed by atoms with Crippen molar-refractivity contribution in [1.82, 2.24) is 9.13 Å². The van der Waals surface area contributed by atoms with Crippen molar-refractivity contribution in [3.63, 3.8) is 0 Å². The highest BCUT2D eigenvalue weighted by molar-refractivity contribution is 5.90. The molecule has 11 heteroatoms. The molecule has 0 bridgehead atoms. The van der Waals surface area contributed by atoms with Gasteiger partial charge in [-0.25, -0.2) is 18.1 Å². The van der Waals surface area contributed by atoms with Gasteiger partial charge in [-0.1, -0.05) is 0 Å². The van der Waals surface area contributed by atoms with E-state index in [1.807, 2.05) is 4.90 Å². The summed E-state index contributed by atoms with van der Waals surface area (Å²) in [6.45, 7) is 0.909. The van der Waals surface area contributed by atoms with Crippen LogP contribution in [0.5, 0.6) is 0 Å². The second-order valence-corrected chi connectivity index (χ2v) is 7.28. The Morgan fingerprint density at radius 1 is 1.13 bits per heavy atom. The third-order valence-electron chi connectivity index (χ3n) is 5.14. The van der Waals surface area contributed by atoms with Crippen LogP contribution in [0.25, 0.3) is 0 Å². The van der Waals surface area contributed by atoms with Gasteiger partial charge in [0, 0.05) is 32.0 Å². The van der Waals surface area contributed by atoms with E-state index in [0.717, 1.165) is 36.0 Å². The first-order chi connectivity index (χ1) is 14.8. The van der Waals surface area contributed by atoms with Gasteiger partial charge < -0.3 is 20.7 Å². The molecule has 0 aliphatic carbocycles. The van der Waals surface area contributed by atoms with Crippen LogP contribution >= 0.6 is 0 Å². The Kier molecular flexibility index (Phi) is 7.06. The van der Waals surface area contributed by atoms with Crippen molar-refractivity contribution in [2.45, 2.75) is 32.4 Å².